The Morgan fingerprint density at radius 3 is 2.05 bits per heavy atom. The van der Waals surface area contributed by atoms with Crippen LogP contribution in [0.15, 0.2) is 0 Å². The first-order valence-electron chi connectivity index (χ1n) is 7.03. The van der Waals surface area contributed by atoms with Crippen LogP contribution in [0.2, 0.25) is 0 Å². The lowest BCUT2D eigenvalue weighted by atomic mass is 9.99. The Kier molecular flexibility index (Phi) is 4.68. The molecule has 1 saturated heterocycles. The third-order valence-corrected chi connectivity index (χ3v) is 2.81. The van der Waals surface area contributed by atoms with E-state index in [2.05, 4.69) is 32.6 Å². The van der Waals surface area contributed by atoms with Gasteiger partial charge < -0.3 is 9.47 Å². The molecule has 1 aliphatic heterocycles. The van der Waals surface area contributed by atoms with Crippen molar-refractivity contribution in [1.82, 2.24) is 4.90 Å². The van der Waals surface area contributed by atoms with E-state index < -0.39 is 5.60 Å². The fourth-order valence-corrected chi connectivity index (χ4v) is 2.75. The van der Waals surface area contributed by atoms with Crippen molar-refractivity contribution >= 4 is 5.97 Å². The van der Waals surface area contributed by atoms with Gasteiger partial charge >= 0.3 is 5.97 Å². The second-order valence-electron chi connectivity index (χ2n) is 7.67. The van der Waals surface area contributed by atoms with Gasteiger partial charge in [0, 0.05) is 19.6 Å². The summed E-state index contributed by atoms with van der Waals surface area (Å²) in [6.07, 6.45) is 0.434. The number of morpholine rings is 1. The molecule has 0 saturated carbocycles. The highest BCUT2D eigenvalue weighted by Crippen LogP contribution is 2.28. The number of esters is 1. The van der Waals surface area contributed by atoms with Crippen LogP contribution in [0.4, 0.5) is 0 Å². The van der Waals surface area contributed by atoms with Gasteiger partial charge in [0.15, 0.2) is 0 Å². The van der Waals surface area contributed by atoms with E-state index in [4.69, 9.17) is 9.47 Å². The molecule has 0 radical (unpaired) electrons. The molecule has 0 aromatic carbocycles. The van der Waals surface area contributed by atoms with Crippen LogP contribution < -0.4 is 0 Å². The topological polar surface area (TPSA) is 38.8 Å². The molecule has 4 heteroatoms. The van der Waals surface area contributed by atoms with Gasteiger partial charge in [-0.25, -0.2) is 0 Å². The summed E-state index contributed by atoms with van der Waals surface area (Å²) in [5.41, 5.74) is -0.744. The molecule has 1 rings (SSSR count). The fourth-order valence-electron chi connectivity index (χ4n) is 2.75. The maximum absolute atomic E-state index is 11.7. The number of carbonyl (C=O) groups is 1. The van der Waals surface area contributed by atoms with E-state index in [1.54, 1.807) is 0 Å². The SMILES string of the molecule is CC(C)(C)OC(=O)CCN1CC(C)(C)OC(C)(C)C1. The summed E-state index contributed by atoms with van der Waals surface area (Å²) in [7, 11) is 0. The number of carbonyl (C=O) groups excluding carboxylic acids is 1. The molecule has 0 aromatic rings. The maximum atomic E-state index is 11.7. The summed E-state index contributed by atoms with van der Waals surface area (Å²) >= 11 is 0. The second-order valence-corrected chi connectivity index (χ2v) is 7.67. The van der Waals surface area contributed by atoms with E-state index in [0.29, 0.717) is 6.42 Å². The summed E-state index contributed by atoms with van der Waals surface area (Å²) in [5.74, 6) is -0.130. The predicted octanol–water partition coefficient (Wildman–Crippen LogP) is 2.61. The molecule has 0 spiro atoms. The summed E-state index contributed by atoms with van der Waals surface area (Å²) in [5, 5.41) is 0. The van der Waals surface area contributed by atoms with Crippen molar-refractivity contribution in [3.05, 3.63) is 0 Å². The Morgan fingerprint density at radius 2 is 1.63 bits per heavy atom. The quantitative estimate of drug-likeness (QED) is 0.740. The van der Waals surface area contributed by atoms with Crippen LogP contribution in [-0.2, 0) is 14.3 Å². The van der Waals surface area contributed by atoms with Crippen LogP contribution in [0.3, 0.4) is 0 Å². The first kappa shape index (κ1) is 16.4. The van der Waals surface area contributed by atoms with E-state index in [1.165, 1.54) is 0 Å². The number of nitrogens with zero attached hydrogens (tertiary/aromatic N) is 1. The first-order valence-corrected chi connectivity index (χ1v) is 7.03. The summed E-state index contributed by atoms with van der Waals surface area (Å²) in [6.45, 7) is 16.5. The van der Waals surface area contributed by atoms with Gasteiger partial charge in [-0.05, 0) is 48.5 Å². The minimum Gasteiger partial charge on any atom is -0.460 e. The molecule has 112 valence electrons. The van der Waals surface area contributed by atoms with Crippen molar-refractivity contribution in [2.75, 3.05) is 19.6 Å². The minimum absolute atomic E-state index is 0.130. The Labute approximate surface area is 117 Å². The molecule has 0 aromatic heterocycles. The predicted molar refractivity (Wildman–Crippen MR) is 76.1 cm³/mol. The average Bonchev–Trinajstić information content (AvgIpc) is 2.06. The van der Waals surface area contributed by atoms with Gasteiger partial charge in [-0.2, -0.15) is 0 Å². The van der Waals surface area contributed by atoms with E-state index in [0.717, 1.165) is 19.6 Å². The van der Waals surface area contributed by atoms with Crippen LogP contribution in [0.5, 0.6) is 0 Å². The van der Waals surface area contributed by atoms with Crippen molar-refractivity contribution in [1.29, 1.82) is 0 Å². The Hall–Kier alpha value is -0.610. The van der Waals surface area contributed by atoms with Crippen LogP contribution in [0.1, 0.15) is 54.9 Å². The number of rotatable bonds is 3. The van der Waals surface area contributed by atoms with Gasteiger partial charge in [0.25, 0.3) is 0 Å². The zero-order valence-corrected chi connectivity index (χ0v) is 13.5. The van der Waals surface area contributed by atoms with Gasteiger partial charge in [-0.3, -0.25) is 9.69 Å². The van der Waals surface area contributed by atoms with E-state index in [-0.39, 0.29) is 17.2 Å². The normalized spacial score (nSPS) is 23.1. The number of ether oxygens (including phenoxy) is 2. The molecular weight excluding hydrogens is 242 g/mol. The molecule has 0 bridgehead atoms. The molecule has 0 aliphatic carbocycles. The lowest BCUT2D eigenvalue weighted by Crippen LogP contribution is -2.57. The molecule has 4 nitrogen and oxygen atoms in total. The van der Waals surface area contributed by atoms with Crippen LogP contribution in [0.25, 0.3) is 0 Å². The van der Waals surface area contributed by atoms with Crippen molar-refractivity contribution < 1.29 is 14.3 Å². The third kappa shape index (κ3) is 6.39. The summed E-state index contributed by atoms with van der Waals surface area (Å²) in [4.78, 5) is 14.0. The molecule has 1 heterocycles. The number of hydrogen-bond donors (Lipinski definition) is 0. The lowest BCUT2D eigenvalue weighted by Gasteiger charge is -2.47. The highest BCUT2D eigenvalue weighted by atomic mass is 16.6. The zero-order valence-electron chi connectivity index (χ0n) is 13.5. The van der Waals surface area contributed by atoms with Crippen molar-refractivity contribution in [2.24, 2.45) is 0 Å². The second kappa shape index (κ2) is 5.41. The zero-order chi connectivity index (χ0) is 14.9. The van der Waals surface area contributed by atoms with Crippen molar-refractivity contribution in [3.63, 3.8) is 0 Å². The Balaban J connectivity index is 2.47. The highest BCUT2D eigenvalue weighted by molar-refractivity contribution is 5.70. The molecule has 1 aliphatic rings. The molecule has 0 atom stereocenters. The van der Waals surface area contributed by atoms with Crippen molar-refractivity contribution in [2.45, 2.75) is 71.7 Å². The molecule has 19 heavy (non-hydrogen) atoms. The highest BCUT2D eigenvalue weighted by Gasteiger charge is 2.38. The van der Waals surface area contributed by atoms with Crippen LogP contribution in [-0.4, -0.2) is 47.3 Å². The Bertz CT molecular complexity index is 313. The van der Waals surface area contributed by atoms with Gasteiger partial charge in [0.1, 0.15) is 5.60 Å². The largest absolute Gasteiger partial charge is 0.460 e. The molecular formula is C15H29NO3. The molecule has 0 amide bonds. The van der Waals surface area contributed by atoms with Crippen molar-refractivity contribution in [3.8, 4) is 0 Å². The van der Waals surface area contributed by atoms with Crippen LogP contribution >= 0.6 is 0 Å². The van der Waals surface area contributed by atoms with E-state index in [1.807, 2.05) is 20.8 Å². The minimum atomic E-state index is -0.402. The lowest BCUT2D eigenvalue weighted by molar-refractivity contribution is -0.182. The number of hydrogen-bond acceptors (Lipinski definition) is 4. The fraction of sp³-hybridized carbons (Fsp3) is 0.933. The standard InChI is InChI=1S/C15H29NO3/c1-13(2,3)18-12(17)8-9-16-10-14(4,5)19-15(6,7)11-16/h8-11H2,1-7H3. The summed E-state index contributed by atoms with van der Waals surface area (Å²) < 4.78 is 11.4. The Morgan fingerprint density at radius 1 is 1.16 bits per heavy atom. The van der Waals surface area contributed by atoms with Gasteiger partial charge in [-0.1, -0.05) is 0 Å². The monoisotopic (exact) mass is 271 g/mol. The van der Waals surface area contributed by atoms with Gasteiger partial charge in [-0.15, -0.1) is 0 Å². The average molecular weight is 271 g/mol. The van der Waals surface area contributed by atoms with Gasteiger partial charge in [0.05, 0.1) is 17.6 Å². The molecule has 1 fully saturated rings. The maximum Gasteiger partial charge on any atom is 0.307 e. The first-order chi connectivity index (χ1) is 8.39. The van der Waals surface area contributed by atoms with Gasteiger partial charge in [0.2, 0.25) is 0 Å². The molecule has 0 unspecified atom stereocenters. The summed E-state index contributed by atoms with van der Waals surface area (Å²) in [6, 6.07) is 0. The van der Waals surface area contributed by atoms with E-state index in [9.17, 15) is 4.79 Å². The van der Waals surface area contributed by atoms with Crippen LogP contribution in [0, 0.1) is 0 Å². The smallest absolute Gasteiger partial charge is 0.307 e. The van der Waals surface area contributed by atoms with E-state index >= 15 is 0 Å². The third-order valence-electron chi connectivity index (χ3n) is 2.81. The molecule has 0 N–H and O–H groups in total.